The Morgan fingerprint density at radius 2 is 2.06 bits per heavy atom. The Morgan fingerprint density at radius 3 is 2.76 bits per heavy atom. The number of nitrogens with zero attached hydrogens (tertiary/aromatic N) is 1. The molecule has 1 aromatic heterocycles. The highest BCUT2D eigenvalue weighted by atomic mass is 16.7. The number of hydrogen-bond donors (Lipinski definition) is 0. The number of esters is 1. The van der Waals surface area contributed by atoms with Crippen LogP contribution in [0.25, 0.3) is 6.08 Å². The summed E-state index contributed by atoms with van der Waals surface area (Å²) in [5, 5.41) is 0. The van der Waals surface area contributed by atoms with E-state index in [1.807, 2.05) is 32.2 Å². The molecule has 0 bridgehead atoms. The van der Waals surface area contributed by atoms with Gasteiger partial charge in [0.2, 0.25) is 0 Å². The zero-order valence-corrected chi connectivity index (χ0v) is 20.6. The third-order valence-electron chi connectivity index (χ3n) is 5.86. The van der Waals surface area contributed by atoms with E-state index in [1.54, 1.807) is 20.4 Å². The number of carbonyl (C=O) groups excluding carboxylic acids is 1. The SMILES string of the molecule is CCOC(=O)/C(=C/c1c(C)c2c(c(OC)c1OCOC)CCO2)CCCCCc1cccnc1. The summed E-state index contributed by atoms with van der Waals surface area (Å²) in [6, 6.07) is 4.04. The third kappa shape index (κ3) is 6.29. The molecule has 1 aromatic carbocycles. The molecular weight excluding hydrogens is 434 g/mol. The Balaban J connectivity index is 1.85. The highest BCUT2D eigenvalue weighted by Gasteiger charge is 2.28. The summed E-state index contributed by atoms with van der Waals surface area (Å²) in [7, 11) is 3.19. The zero-order valence-electron chi connectivity index (χ0n) is 20.6. The van der Waals surface area contributed by atoms with E-state index in [4.69, 9.17) is 23.7 Å². The number of pyridine rings is 1. The summed E-state index contributed by atoms with van der Waals surface area (Å²) in [6.07, 6.45) is 10.8. The van der Waals surface area contributed by atoms with Crippen LogP contribution in [0.2, 0.25) is 0 Å². The first-order valence-electron chi connectivity index (χ1n) is 11.8. The van der Waals surface area contributed by atoms with Gasteiger partial charge in [-0.15, -0.1) is 0 Å². The highest BCUT2D eigenvalue weighted by Crippen LogP contribution is 2.47. The Labute approximate surface area is 202 Å². The fourth-order valence-corrected chi connectivity index (χ4v) is 4.21. The standard InChI is InChI=1S/C27H35NO6/c1-5-32-27(29)21(12-8-6-7-10-20-11-9-14-28-17-20)16-23-19(2)24-22(13-15-33-24)25(31-4)26(23)34-18-30-3/h9,11,14,16-17H,5-8,10,12-13,15,18H2,1-4H3/b21-16+. The van der Waals surface area contributed by atoms with Crippen molar-refractivity contribution >= 4 is 12.0 Å². The van der Waals surface area contributed by atoms with Crippen molar-refractivity contribution in [2.75, 3.05) is 34.2 Å². The molecule has 2 aromatic rings. The lowest BCUT2D eigenvalue weighted by Gasteiger charge is -2.19. The van der Waals surface area contributed by atoms with Gasteiger partial charge in [0.05, 0.1) is 20.3 Å². The molecule has 0 unspecified atom stereocenters. The lowest BCUT2D eigenvalue weighted by molar-refractivity contribution is -0.138. The topological polar surface area (TPSA) is 76.1 Å². The first kappa shape index (κ1) is 25.6. The Bertz CT molecular complexity index is 987. The number of benzene rings is 1. The monoisotopic (exact) mass is 469 g/mol. The van der Waals surface area contributed by atoms with Gasteiger partial charge in [-0.05, 0) is 57.2 Å². The predicted octanol–water partition coefficient (Wildman–Crippen LogP) is 5.07. The second-order valence-electron chi connectivity index (χ2n) is 8.17. The van der Waals surface area contributed by atoms with Gasteiger partial charge in [-0.25, -0.2) is 4.79 Å². The molecule has 0 radical (unpaired) electrons. The Hall–Kier alpha value is -3.06. The van der Waals surface area contributed by atoms with Crippen molar-refractivity contribution in [1.82, 2.24) is 4.98 Å². The molecular formula is C27H35NO6. The van der Waals surface area contributed by atoms with Gasteiger partial charge in [0.1, 0.15) is 5.75 Å². The Kier molecular flexibility index (Phi) is 9.76. The normalized spacial score (nSPS) is 12.8. The molecule has 0 atom stereocenters. The van der Waals surface area contributed by atoms with Crippen LogP contribution in [0, 0.1) is 6.92 Å². The molecule has 3 rings (SSSR count). The lowest BCUT2D eigenvalue weighted by Crippen LogP contribution is -2.09. The molecule has 2 heterocycles. The molecule has 7 nitrogen and oxygen atoms in total. The van der Waals surface area contributed by atoms with Gasteiger partial charge < -0.3 is 23.7 Å². The number of fused-ring (bicyclic) bond motifs is 1. The van der Waals surface area contributed by atoms with Crippen LogP contribution in [0.4, 0.5) is 0 Å². The van der Waals surface area contributed by atoms with Crippen molar-refractivity contribution in [3.8, 4) is 17.2 Å². The molecule has 0 saturated heterocycles. The molecule has 0 saturated carbocycles. The van der Waals surface area contributed by atoms with Crippen LogP contribution in [0.3, 0.4) is 0 Å². The zero-order chi connectivity index (χ0) is 24.3. The number of aryl methyl sites for hydroxylation is 1. The summed E-state index contributed by atoms with van der Waals surface area (Å²) in [6.45, 7) is 4.77. The molecule has 0 N–H and O–H groups in total. The molecule has 0 amide bonds. The van der Waals surface area contributed by atoms with E-state index in [9.17, 15) is 4.79 Å². The van der Waals surface area contributed by atoms with Crippen LogP contribution in [0.1, 0.15) is 54.9 Å². The van der Waals surface area contributed by atoms with Crippen LogP contribution >= 0.6 is 0 Å². The molecule has 1 aliphatic heterocycles. The molecule has 1 aliphatic rings. The van der Waals surface area contributed by atoms with E-state index >= 15 is 0 Å². The number of hydrogen-bond acceptors (Lipinski definition) is 7. The minimum Gasteiger partial charge on any atom is -0.493 e. The van der Waals surface area contributed by atoms with E-state index < -0.39 is 0 Å². The number of aromatic nitrogens is 1. The van der Waals surface area contributed by atoms with Crippen molar-refractivity contribution < 1.29 is 28.5 Å². The molecule has 7 heteroatoms. The van der Waals surface area contributed by atoms with Crippen LogP contribution < -0.4 is 14.2 Å². The minimum absolute atomic E-state index is 0.0688. The van der Waals surface area contributed by atoms with Gasteiger partial charge in [-0.2, -0.15) is 0 Å². The number of rotatable bonds is 13. The van der Waals surface area contributed by atoms with E-state index in [0.29, 0.717) is 36.7 Å². The fraction of sp³-hybridized carbons (Fsp3) is 0.481. The second-order valence-corrected chi connectivity index (χ2v) is 8.17. The fourth-order valence-electron chi connectivity index (χ4n) is 4.21. The maximum atomic E-state index is 12.8. The molecule has 0 fully saturated rings. The van der Waals surface area contributed by atoms with Crippen molar-refractivity contribution in [2.24, 2.45) is 0 Å². The number of methoxy groups -OCH3 is 2. The summed E-state index contributed by atoms with van der Waals surface area (Å²) in [4.78, 5) is 17.0. The summed E-state index contributed by atoms with van der Waals surface area (Å²) in [5.74, 6) is 1.67. The summed E-state index contributed by atoms with van der Waals surface area (Å²) < 4.78 is 28.1. The van der Waals surface area contributed by atoms with Gasteiger partial charge in [0, 0.05) is 48.2 Å². The number of ether oxygens (including phenoxy) is 5. The van der Waals surface area contributed by atoms with Gasteiger partial charge in [-0.3, -0.25) is 4.98 Å². The first-order chi connectivity index (χ1) is 16.6. The quantitative estimate of drug-likeness (QED) is 0.176. The van der Waals surface area contributed by atoms with Crippen molar-refractivity contribution in [2.45, 2.75) is 52.4 Å². The third-order valence-corrected chi connectivity index (χ3v) is 5.86. The largest absolute Gasteiger partial charge is 0.493 e. The van der Waals surface area contributed by atoms with Crippen LogP contribution in [-0.2, 0) is 27.1 Å². The van der Waals surface area contributed by atoms with Gasteiger partial charge in [0.15, 0.2) is 18.3 Å². The van der Waals surface area contributed by atoms with E-state index in [-0.39, 0.29) is 12.8 Å². The molecule has 0 spiro atoms. The lowest BCUT2D eigenvalue weighted by atomic mass is 9.96. The van der Waals surface area contributed by atoms with Crippen LogP contribution in [0.5, 0.6) is 17.2 Å². The maximum Gasteiger partial charge on any atom is 0.334 e. The van der Waals surface area contributed by atoms with E-state index in [0.717, 1.165) is 54.5 Å². The molecule has 184 valence electrons. The van der Waals surface area contributed by atoms with E-state index in [1.165, 1.54) is 5.56 Å². The average Bonchev–Trinajstić information content (AvgIpc) is 3.34. The van der Waals surface area contributed by atoms with Crippen LogP contribution in [-0.4, -0.2) is 45.2 Å². The van der Waals surface area contributed by atoms with Crippen LogP contribution in [0.15, 0.2) is 30.1 Å². The van der Waals surface area contributed by atoms with Gasteiger partial charge in [-0.1, -0.05) is 12.5 Å². The smallest absolute Gasteiger partial charge is 0.334 e. The number of carbonyl (C=O) groups is 1. The predicted molar refractivity (Wildman–Crippen MR) is 130 cm³/mol. The number of unbranched alkanes of at least 4 members (excludes halogenated alkanes) is 2. The summed E-state index contributed by atoms with van der Waals surface area (Å²) >= 11 is 0. The highest BCUT2D eigenvalue weighted by molar-refractivity contribution is 5.95. The van der Waals surface area contributed by atoms with Crippen molar-refractivity contribution in [1.29, 1.82) is 0 Å². The molecule has 0 aliphatic carbocycles. The van der Waals surface area contributed by atoms with Gasteiger partial charge >= 0.3 is 5.97 Å². The van der Waals surface area contributed by atoms with E-state index in [2.05, 4.69) is 11.1 Å². The minimum atomic E-state index is -0.313. The van der Waals surface area contributed by atoms with Gasteiger partial charge in [0.25, 0.3) is 0 Å². The van der Waals surface area contributed by atoms with Crippen molar-refractivity contribution in [3.63, 3.8) is 0 Å². The maximum absolute atomic E-state index is 12.8. The van der Waals surface area contributed by atoms with Crippen molar-refractivity contribution in [3.05, 3.63) is 52.4 Å². The Morgan fingerprint density at radius 1 is 1.21 bits per heavy atom. The second kappa shape index (κ2) is 13.0. The molecule has 34 heavy (non-hydrogen) atoms. The first-order valence-corrected chi connectivity index (χ1v) is 11.8. The average molecular weight is 470 g/mol. The summed E-state index contributed by atoms with van der Waals surface area (Å²) in [5.41, 5.74) is 4.49.